The maximum Gasteiger partial charge on any atom is 0.234 e. The standard InChI is InChI=1S/C21H24N4O2S/c1-4-25-20(17-11-6-7-12-18(17)27-5-2)23-24-21(25)28-14-19(26)22-16-10-8-9-15(3)13-16/h6-13H,4-5,14H2,1-3H3,(H,22,26). The van der Waals surface area contributed by atoms with Gasteiger partial charge in [0.25, 0.3) is 0 Å². The molecule has 0 unspecified atom stereocenters. The van der Waals surface area contributed by atoms with Crippen LogP contribution in [-0.4, -0.2) is 33.0 Å². The van der Waals surface area contributed by atoms with Gasteiger partial charge in [-0.15, -0.1) is 10.2 Å². The van der Waals surface area contributed by atoms with Gasteiger partial charge in [0.15, 0.2) is 11.0 Å². The zero-order valence-electron chi connectivity index (χ0n) is 16.3. The number of amides is 1. The lowest BCUT2D eigenvalue weighted by Gasteiger charge is -2.11. The van der Waals surface area contributed by atoms with E-state index < -0.39 is 0 Å². The molecule has 1 N–H and O–H groups in total. The molecule has 6 nitrogen and oxygen atoms in total. The molecule has 1 heterocycles. The van der Waals surface area contributed by atoms with E-state index in [9.17, 15) is 4.79 Å². The van der Waals surface area contributed by atoms with Crippen LogP contribution in [0.5, 0.6) is 5.75 Å². The number of rotatable bonds is 8. The first kappa shape index (κ1) is 19.9. The number of thioether (sulfide) groups is 1. The third-order valence-corrected chi connectivity index (χ3v) is 5.06. The molecule has 0 atom stereocenters. The maximum atomic E-state index is 12.3. The fraction of sp³-hybridized carbons (Fsp3) is 0.286. The minimum absolute atomic E-state index is 0.0717. The van der Waals surface area contributed by atoms with Gasteiger partial charge in [0.1, 0.15) is 5.75 Å². The number of aromatic nitrogens is 3. The minimum atomic E-state index is -0.0717. The number of carbonyl (C=O) groups excluding carboxylic acids is 1. The van der Waals surface area contributed by atoms with Crippen LogP contribution in [0, 0.1) is 6.92 Å². The van der Waals surface area contributed by atoms with E-state index >= 15 is 0 Å². The number of nitrogens with one attached hydrogen (secondary N) is 1. The summed E-state index contributed by atoms with van der Waals surface area (Å²) in [7, 11) is 0. The van der Waals surface area contributed by atoms with Crippen LogP contribution in [0.4, 0.5) is 5.69 Å². The third-order valence-electron chi connectivity index (χ3n) is 4.10. The van der Waals surface area contributed by atoms with E-state index in [0.29, 0.717) is 18.3 Å². The number of aryl methyl sites for hydroxylation is 1. The van der Waals surface area contributed by atoms with Crippen LogP contribution >= 0.6 is 11.8 Å². The first-order valence-electron chi connectivity index (χ1n) is 9.27. The molecule has 1 aromatic heterocycles. The summed E-state index contributed by atoms with van der Waals surface area (Å²) in [5.41, 5.74) is 2.80. The summed E-state index contributed by atoms with van der Waals surface area (Å²) in [6.45, 7) is 7.26. The third kappa shape index (κ3) is 4.72. The Balaban J connectivity index is 1.73. The molecule has 0 saturated carbocycles. The summed E-state index contributed by atoms with van der Waals surface area (Å²) in [5.74, 6) is 1.71. The number of hydrogen-bond donors (Lipinski definition) is 1. The largest absolute Gasteiger partial charge is 0.493 e. The maximum absolute atomic E-state index is 12.3. The van der Waals surface area contributed by atoms with Gasteiger partial charge in [-0.05, 0) is 50.6 Å². The normalized spacial score (nSPS) is 10.7. The molecule has 3 rings (SSSR count). The van der Waals surface area contributed by atoms with Crippen LogP contribution in [0.15, 0.2) is 53.7 Å². The Morgan fingerprint density at radius 3 is 2.71 bits per heavy atom. The second-order valence-corrected chi connectivity index (χ2v) is 7.13. The van der Waals surface area contributed by atoms with Gasteiger partial charge < -0.3 is 14.6 Å². The Hall–Kier alpha value is -2.80. The first-order chi connectivity index (χ1) is 13.6. The molecular formula is C21H24N4O2S. The smallest absolute Gasteiger partial charge is 0.234 e. The molecule has 146 valence electrons. The number of carbonyl (C=O) groups is 1. The Morgan fingerprint density at radius 1 is 1.14 bits per heavy atom. The summed E-state index contributed by atoms with van der Waals surface area (Å²) in [6.07, 6.45) is 0. The van der Waals surface area contributed by atoms with Crippen LogP contribution in [0.2, 0.25) is 0 Å². The predicted molar refractivity (Wildman–Crippen MR) is 113 cm³/mol. The van der Waals surface area contributed by atoms with Gasteiger partial charge in [0, 0.05) is 12.2 Å². The van der Waals surface area contributed by atoms with Gasteiger partial charge in [0.2, 0.25) is 5.91 Å². The van der Waals surface area contributed by atoms with Crippen molar-refractivity contribution in [3.8, 4) is 17.1 Å². The van der Waals surface area contributed by atoms with E-state index in [2.05, 4.69) is 15.5 Å². The molecule has 0 aliphatic heterocycles. The lowest BCUT2D eigenvalue weighted by atomic mass is 10.2. The van der Waals surface area contributed by atoms with Gasteiger partial charge in [-0.3, -0.25) is 4.79 Å². The molecule has 0 fully saturated rings. The molecule has 7 heteroatoms. The Kier molecular flexibility index (Phi) is 6.71. The highest BCUT2D eigenvalue weighted by Crippen LogP contribution is 2.31. The average molecular weight is 397 g/mol. The highest BCUT2D eigenvalue weighted by molar-refractivity contribution is 7.99. The fourth-order valence-corrected chi connectivity index (χ4v) is 3.66. The van der Waals surface area contributed by atoms with Crippen molar-refractivity contribution < 1.29 is 9.53 Å². The van der Waals surface area contributed by atoms with Crippen LogP contribution in [0.3, 0.4) is 0 Å². The van der Waals surface area contributed by atoms with Crippen molar-refractivity contribution in [1.29, 1.82) is 0 Å². The molecule has 1 amide bonds. The van der Waals surface area contributed by atoms with Gasteiger partial charge >= 0.3 is 0 Å². The molecule has 0 saturated heterocycles. The number of hydrogen-bond acceptors (Lipinski definition) is 5. The van der Waals surface area contributed by atoms with E-state index in [1.807, 2.05) is 73.9 Å². The topological polar surface area (TPSA) is 69.0 Å². The molecule has 28 heavy (non-hydrogen) atoms. The van der Waals surface area contributed by atoms with Crippen molar-refractivity contribution in [3.63, 3.8) is 0 Å². The summed E-state index contributed by atoms with van der Waals surface area (Å²) in [6, 6.07) is 15.5. The summed E-state index contributed by atoms with van der Waals surface area (Å²) in [4.78, 5) is 12.3. The van der Waals surface area contributed by atoms with E-state index in [0.717, 1.165) is 28.4 Å². The number of nitrogens with zero attached hydrogens (tertiary/aromatic N) is 3. The van der Waals surface area contributed by atoms with Crippen LogP contribution in [-0.2, 0) is 11.3 Å². The first-order valence-corrected chi connectivity index (χ1v) is 10.3. The minimum Gasteiger partial charge on any atom is -0.493 e. The Labute approximate surface area is 169 Å². The Bertz CT molecular complexity index is 955. The molecule has 3 aromatic rings. The van der Waals surface area contributed by atoms with Crippen molar-refractivity contribution in [3.05, 3.63) is 54.1 Å². The number of benzene rings is 2. The van der Waals surface area contributed by atoms with Crippen LogP contribution in [0.25, 0.3) is 11.4 Å². The van der Waals surface area contributed by atoms with Gasteiger partial charge in [-0.25, -0.2) is 0 Å². The van der Waals surface area contributed by atoms with Gasteiger partial charge in [-0.1, -0.05) is 36.0 Å². The average Bonchev–Trinajstić information content (AvgIpc) is 3.10. The SMILES string of the molecule is CCOc1ccccc1-c1nnc(SCC(=O)Nc2cccc(C)c2)n1CC. The molecule has 0 aliphatic carbocycles. The number of anilines is 1. The number of ether oxygens (including phenoxy) is 1. The zero-order valence-corrected chi connectivity index (χ0v) is 17.1. The lowest BCUT2D eigenvalue weighted by molar-refractivity contribution is -0.113. The molecule has 0 bridgehead atoms. The van der Waals surface area contributed by atoms with Gasteiger partial charge in [0.05, 0.1) is 17.9 Å². The second-order valence-electron chi connectivity index (χ2n) is 6.19. The molecule has 0 radical (unpaired) electrons. The van der Waals surface area contributed by atoms with E-state index in [1.165, 1.54) is 11.8 Å². The highest BCUT2D eigenvalue weighted by Gasteiger charge is 2.17. The predicted octanol–water partition coefficient (Wildman–Crippen LogP) is 4.40. The molecule has 0 spiro atoms. The molecular weight excluding hydrogens is 372 g/mol. The second kappa shape index (κ2) is 9.41. The summed E-state index contributed by atoms with van der Waals surface area (Å²) >= 11 is 1.37. The van der Waals surface area contributed by atoms with Crippen molar-refractivity contribution >= 4 is 23.4 Å². The summed E-state index contributed by atoms with van der Waals surface area (Å²) < 4.78 is 7.72. The summed E-state index contributed by atoms with van der Waals surface area (Å²) in [5, 5.41) is 12.3. The van der Waals surface area contributed by atoms with Crippen LogP contribution in [0.1, 0.15) is 19.4 Å². The van der Waals surface area contributed by atoms with Crippen molar-refractivity contribution in [2.45, 2.75) is 32.5 Å². The van der Waals surface area contributed by atoms with E-state index in [4.69, 9.17) is 4.74 Å². The zero-order chi connectivity index (χ0) is 19.9. The lowest BCUT2D eigenvalue weighted by Crippen LogP contribution is -2.14. The van der Waals surface area contributed by atoms with Crippen molar-refractivity contribution in [2.24, 2.45) is 0 Å². The van der Waals surface area contributed by atoms with Crippen molar-refractivity contribution in [2.75, 3.05) is 17.7 Å². The molecule has 0 aliphatic rings. The van der Waals surface area contributed by atoms with E-state index in [-0.39, 0.29) is 11.7 Å². The van der Waals surface area contributed by atoms with Crippen molar-refractivity contribution in [1.82, 2.24) is 14.8 Å². The highest BCUT2D eigenvalue weighted by atomic mass is 32.2. The monoisotopic (exact) mass is 396 g/mol. The fourth-order valence-electron chi connectivity index (χ4n) is 2.86. The van der Waals surface area contributed by atoms with Crippen LogP contribution < -0.4 is 10.1 Å². The van der Waals surface area contributed by atoms with Gasteiger partial charge in [-0.2, -0.15) is 0 Å². The Morgan fingerprint density at radius 2 is 1.96 bits per heavy atom. The quantitative estimate of drug-likeness (QED) is 0.572. The van der Waals surface area contributed by atoms with E-state index in [1.54, 1.807) is 0 Å². The molecule has 2 aromatic carbocycles. The number of para-hydroxylation sites is 1.